The third kappa shape index (κ3) is 7.76. The molecule has 0 fully saturated rings. The molecule has 6 aromatic carbocycles. The SMILES string of the molecule is c1ccc(-c2ccc(-c3cc(-c4ccccn4)nc(-c4ccc(-c5ccc(-c6ccc(-c7cc(-c8ccccc8)nc(-c8ccccc8)n7)cc6)cc5)cn4)c3)cc2)cc1. The molecule has 4 heterocycles. The van der Waals surface area contributed by atoms with E-state index < -0.39 is 0 Å². The lowest BCUT2D eigenvalue weighted by molar-refractivity contribution is 1.18. The summed E-state index contributed by atoms with van der Waals surface area (Å²) >= 11 is 0. The molecule has 60 heavy (non-hydrogen) atoms. The van der Waals surface area contributed by atoms with Gasteiger partial charge in [-0.25, -0.2) is 15.0 Å². The van der Waals surface area contributed by atoms with E-state index in [0.717, 1.165) is 84.2 Å². The highest BCUT2D eigenvalue weighted by atomic mass is 14.9. The van der Waals surface area contributed by atoms with E-state index in [0.29, 0.717) is 5.82 Å². The molecule has 4 aromatic heterocycles. The van der Waals surface area contributed by atoms with Gasteiger partial charge in [0.25, 0.3) is 0 Å². The van der Waals surface area contributed by atoms with Crippen LogP contribution in [0.25, 0.3) is 101 Å². The Morgan fingerprint density at radius 3 is 1.12 bits per heavy atom. The van der Waals surface area contributed by atoms with E-state index in [1.165, 1.54) is 11.1 Å². The van der Waals surface area contributed by atoms with Gasteiger partial charge in [-0.05, 0) is 75.3 Å². The van der Waals surface area contributed by atoms with Crippen molar-refractivity contribution in [2.75, 3.05) is 0 Å². The summed E-state index contributed by atoms with van der Waals surface area (Å²) in [6, 6.07) is 73.1. The maximum atomic E-state index is 5.04. The van der Waals surface area contributed by atoms with Crippen LogP contribution in [0.1, 0.15) is 0 Å². The molecule has 10 aromatic rings. The number of nitrogens with zero attached hydrogens (tertiary/aromatic N) is 5. The number of benzene rings is 6. The summed E-state index contributed by atoms with van der Waals surface area (Å²) in [7, 11) is 0. The monoisotopic (exact) mass is 767 g/mol. The first-order valence-corrected chi connectivity index (χ1v) is 20.0. The molecule has 5 heteroatoms. The van der Waals surface area contributed by atoms with Crippen LogP contribution in [0.5, 0.6) is 0 Å². The van der Waals surface area contributed by atoms with Crippen molar-refractivity contribution in [1.82, 2.24) is 24.9 Å². The minimum absolute atomic E-state index is 0.707. The van der Waals surface area contributed by atoms with Gasteiger partial charge in [-0.3, -0.25) is 9.97 Å². The lowest BCUT2D eigenvalue weighted by Crippen LogP contribution is -1.95. The zero-order valence-corrected chi connectivity index (χ0v) is 32.6. The third-order valence-corrected chi connectivity index (χ3v) is 10.7. The average Bonchev–Trinajstić information content (AvgIpc) is 3.35. The van der Waals surface area contributed by atoms with Gasteiger partial charge in [0, 0.05) is 34.6 Å². The topological polar surface area (TPSA) is 64.5 Å². The maximum absolute atomic E-state index is 5.04. The van der Waals surface area contributed by atoms with Crippen LogP contribution in [-0.4, -0.2) is 24.9 Å². The molecule has 0 amide bonds. The number of aromatic nitrogens is 5. The Labute approximate surface area is 349 Å². The van der Waals surface area contributed by atoms with Gasteiger partial charge in [0.15, 0.2) is 5.82 Å². The van der Waals surface area contributed by atoms with E-state index in [1.807, 2.05) is 85.1 Å². The summed E-state index contributed by atoms with van der Waals surface area (Å²) in [5, 5.41) is 0. The number of rotatable bonds is 9. The molecule has 0 bridgehead atoms. The van der Waals surface area contributed by atoms with Crippen LogP contribution in [0.3, 0.4) is 0 Å². The Morgan fingerprint density at radius 2 is 0.617 bits per heavy atom. The minimum Gasteiger partial charge on any atom is -0.255 e. The van der Waals surface area contributed by atoms with Crippen molar-refractivity contribution in [3.05, 3.63) is 225 Å². The highest BCUT2D eigenvalue weighted by Gasteiger charge is 2.13. The molecule has 0 radical (unpaired) electrons. The van der Waals surface area contributed by atoms with Gasteiger partial charge in [-0.2, -0.15) is 0 Å². The van der Waals surface area contributed by atoms with Crippen molar-refractivity contribution in [2.45, 2.75) is 0 Å². The Hall–Kier alpha value is -8.15. The Balaban J connectivity index is 0.900. The van der Waals surface area contributed by atoms with Crippen LogP contribution in [0.4, 0.5) is 0 Å². The largest absolute Gasteiger partial charge is 0.255 e. The molecule has 0 unspecified atom stereocenters. The molecule has 0 aliphatic rings. The second-order valence-electron chi connectivity index (χ2n) is 14.6. The summed E-state index contributed by atoms with van der Waals surface area (Å²) < 4.78 is 0. The summed E-state index contributed by atoms with van der Waals surface area (Å²) in [5.41, 5.74) is 17.0. The molecule has 0 saturated heterocycles. The Morgan fingerprint density at radius 1 is 0.217 bits per heavy atom. The predicted octanol–water partition coefficient (Wildman–Crippen LogP) is 13.7. The standard InChI is InChI=1S/C55H37N5/c1-4-12-38(13-5-1)39-21-25-43(26-22-39)48-34-53(49-18-10-11-33-56-49)58-54(35-48)50-32-31-47(37-57-50)42-23-19-40(20-24-42)41-27-29-45(30-28-41)52-36-51(44-14-6-2-7-15-44)59-55(60-52)46-16-8-3-9-17-46/h1-37H. The minimum atomic E-state index is 0.707. The second-order valence-corrected chi connectivity index (χ2v) is 14.6. The molecule has 0 saturated carbocycles. The van der Waals surface area contributed by atoms with Gasteiger partial charge >= 0.3 is 0 Å². The summed E-state index contributed by atoms with van der Waals surface area (Å²) in [6.07, 6.45) is 3.73. The van der Waals surface area contributed by atoms with E-state index in [2.05, 4.69) is 138 Å². The summed E-state index contributed by atoms with van der Waals surface area (Å²) in [4.78, 5) is 24.5. The molecular formula is C55H37N5. The van der Waals surface area contributed by atoms with Gasteiger partial charge in [0.2, 0.25) is 0 Å². The zero-order valence-electron chi connectivity index (χ0n) is 32.6. The van der Waals surface area contributed by atoms with Crippen LogP contribution in [0.15, 0.2) is 225 Å². The Bertz CT molecular complexity index is 2950. The van der Waals surface area contributed by atoms with E-state index in [1.54, 1.807) is 6.20 Å². The zero-order chi connectivity index (χ0) is 40.1. The summed E-state index contributed by atoms with van der Waals surface area (Å²) in [6.45, 7) is 0. The molecular weight excluding hydrogens is 731 g/mol. The van der Waals surface area contributed by atoms with Gasteiger partial charge in [-0.15, -0.1) is 0 Å². The maximum Gasteiger partial charge on any atom is 0.160 e. The van der Waals surface area contributed by atoms with Crippen molar-refractivity contribution in [1.29, 1.82) is 0 Å². The van der Waals surface area contributed by atoms with Crippen LogP contribution >= 0.6 is 0 Å². The molecule has 5 nitrogen and oxygen atoms in total. The fourth-order valence-corrected chi connectivity index (χ4v) is 7.43. The first-order valence-electron chi connectivity index (χ1n) is 20.0. The Kier molecular flexibility index (Phi) is 9.88. The van der Waals surface area contributed by atoms with E-state index >= 15 is 0 Å². The van der Waals surface area contributed by atoms with Gasteiger partial charge in [0.1, 0.15) is 0 Å². The molecule has 0 aliphatic carbocycles. The van der Waals surface area contributed by atoms with Gasteiger partial charge < -0.3 is 0 Å². The van der Waals surface area contributed by atoms with E-state index in [4.69, 9.17) is 19.9 Å². The molecule has 282 valence electrons. The van der Waals surface area contributed by atoms with Crippen molar-refractivity contribution in [3.8, 4) is 101 Å². The number of hydrogen-bond acceptors (Lipinski definition) is 5. The average molecular weight is 768 g/mol. The van der Waals surface area contributed by atoms with Crippen LogP contribution in [0.2, 0.25) is 0 Å². The first kappa shape index (κ1) is 36.2. The third-order valence-electron chi connectivity index (χ3n) is 10.7. The van der Waals surface area contributed by atoms with E-state index in [-0.39, 0.29) is 0 Å². The fraction of sp³-hybridized carbons (Fsp3) is 0. The van der Waals surface area contributed by atoms with Crippen molar-refractivity contribution in [3.63, 3.8) is 0 Å². The smallest absolute Gasteiger partial charge is 0.160 e. The fourth-order valence-electron chi connectivity index (χ4n) is 7.43. The predicted molar refractivity (Wildman–Crippen MR) is 244 cm³/mol. The van der Waals surface area contributed by atoms with Crippen molar-refractivity contribution < 1.29 is 0 Å². The van der Waals surface area contributed by atoms with Crippen LogP contribution in [0, 0.1) is 0 Å². The highest BCUT2D eigenvalue weighted by molar-refractivity contribution is 5.79. The first-order chi connectivity index (χ1) is 29.7. The molecule has 0 spiro atoms. The highest BCUT2D eigenvalue weighted by Crippen LogP contribution is 2.33. The lowest BCUT2D eigenvalue weighted by Gasteiger charge is -2.11. The molecule has 0 aliphatic heterocycles. The van der Waals surface area contributed by atoms with E-state index in [9.17, 15) is 0 Å². The molecule has 0 atom stereocenters. The number of hydrogen-bond donors (Lipinski definition) is 0. The summed E-state index contributed by atoms with van der Waals surface area (Å²) in [5.74, 6) is 0.707. The number of pyridine rings is 3. The normalized spacial score (nSPS) is 11.0. The van der Waals surface area contributed by atoms with Crippen molar-refractivity contribution >= 4 is 0 Å². The van der Waals surface area contributed by atoms with Gasteiger partial charge in [-0.1, -0.05) is 176 Å². The quantitative estimate of drug-likeness (QED) is 0.146. The van der Waals surface area contributed by atoms with Gasteiger partial charge in [0.05, 0.1) is 34.2 Å². The lowest BCUT2D eigenvalue weighted by atomic mass is 9.98. The molecule has 0 N–H and O–H groups in total. The van der Waals surface area contributed by atoms with Crippen molar-refractivity contribution in [2.24, 2.45) is 0 Å². The van der Waals surface area contributed by atoms with Crippen LogP contribution < -0.4 is 0 Å². The molecule has 10 rings (SSSR count). The van der Waals surface area contributed by atoms with Crippen LogP contribution in [-0.2, 0) is 0 Å². The second kappa shape index (κ2) is 16.4.